The van der Waals surface area contributed by atoms with E-state index >= 15 is 0 Å². The molecule has 1 heterocycles. The summed E-state index contributed by atoms with van der Waals surface area (Å²) in [5.74, 6) is 1.40. The zero-order valence-electron chi connectivity index (χ0n) is 17.1. The summed E-state index contributed by atoms with van der Waals surface area (Å²) in [6.07, 6.45) is 4.07. The normalized spacial score (nSPS) is 15.3. The number of nitrogens with one attached hydrogen (secondary N) is 3. The van der Waals surface area contributed by atoms with E-state index in [1.54, 1.807) is 7.05 Å². The molecule has 1 aliphatic rings. The average Bonchev–Trinajstić information content (AvgIpc) is 2.71. The van der Waals surface area contributed by atoms with Gasteiger partial charge in [-0.3, -0.25) is 9.79 Å². The standard InChI is InChI=1S/C21H34N4O3/c1-17(26)25-20-6-4-18(5-7-20)8-12-24-21(22-2)23-11-3-13-28-16-19-9-14-27-15-10-19/h4-7,19H,3,8-16H2,1-2H3,(H,25,26)(H2,22,23,24). The molecule has 7 heteroatoms. The Morgan fingerprint density at radius 1 is 1.18 bits per heavy atom. The summed E-state index contributed by atoms with van der Waals surface area (Å²) in [5, 5.41) is 9.41. The fraction of sp³-hybridized carbons (Fsp3) is 0.619. The van der Waals surface area contributed by atoms with Crippen molar-refractivity contribution in [3.8, 4) is 0 Å². The van der Waals surface area contributed by atoms with Crippen LogP contribution in [0.3, 0.4) is 0 Å². The summed E-state index contributed by atoms with van der Waals surface area (Å²) in [5.41, 5.74) is 2.03. The van der Waals surface area contributed by atoms with E-state index in [1.165, 1.54) is 12.5 Å². The second-order valence-corrected chi connectivity index (χ2v) is 7.04. The minimum absolute atomic E-state index is 0.0572. The number of amides is 1. The van der Waals surface area contributed by atoms with Gasteiger partial charge in [-0.05, 0) is 49.3 Å². The Morgan fingerprint density at radius 3 is 2.57 bits per heavy atom. The van der Waals surface area contributed by atoms with E-state index in [1.807, 2.05) is 24.3 Å². The van der Waals surface area contributed by atoms with Gasteiger partial charge >= 0.3 is 0 Å². The van der Waals surface area contributed by atoms with Crippen molar-refractivity contribution in [2.75, 3.05) is 51.9 Å². The Morgan fingerprint density at radius 2 is 1.89 bits per heavy atom. The molecule has 0 atom stereocenters. The van der Waals surface area contributed by atoms with Crippen molar-refractivity contribution in [1.82, 2.24) is 10.6 Å². The highest BCUT2D eigenvalue weighted by atomic mass is 16.5. The van der Waals surface area contributed by atoms with Crippen molar-refractivity contribution >= 4 is 17.6 Å². The Balaban J connectivity index is 1.53. The number of hydrogen-bond donors (Lipinski definition) is 3. The second kappa shape index (κ2) is 13.1. The zero-order chi connectivity index (χ0) is 20.0. The fourth-order valence-corrected chi connectivity index (χ4v) is 3.05. The highest BCUT2D eigenvalue weighted by molar-refractivity contribution is 5.88. The summed E-state index contributed by atoms with van der Waals surface area (Å²) >= 11 is 0. The van der Waals surface area contributed by atoms with E-state index in [-0.39, 0.29) is 5.91 Å². The summed E-state index contributed by atoms with van der Waals surface area (Å²) in [6.45, 7) is 6.49. The molecule has 0 bridgehead atoms. The number of anilines is 1. The van der Waals surface area contributed by atoms with E-state index < -0.39 is 0 Å². The fourth-order valence-electron chi connectivity index (χ4n) is 3.05. The van der Waals surface area contributed by atoms with Gasteiger partial charge < -0.3 is 25.4 Å². The molecule has 2 rings (SSSR count). The van der Waals surface area contributed by atoms with E-state index in [2.05, 4.69) is 20.9 Å². The molecule has 0 spiro atoms. The molecule has 7 nitrogen and oxygen atoms in total. The van der Waals surface area contributed by atoms with Crippen LogP contribution in [0.25, 0.3) is 0 Å². The molecule has 156 valence electrons. The van der Waals surface area contributed by atoms with Crippen LogP contribution in [-0.4, -0.2) is 58.4 Å². The third-order valence-electron chi connectivity index (χ3n) is 4.66. The van der Waals surface area contributed by atoms with Crippen molar-refractivity contribution in [3.05, 3.63) is 29.8 Å². The van der Waals surface area contributed by atoms with Gasteiger partial charge in [0.25, 0.3) is 0 Å². The lowest BCUT2D eigenvalue weighted by molar-refractivity contribution is -0.114. The van der Waals surface area contributed by atoms with E-state index in [0.717, 1.165) is 76.8 Å². The van der Waals surface area contributed by atoms with Crippen LogP contribution >= 0.6 is 0 Å². The molecule has 1 fully saturated rings. The van der Waals surface area contributed by atoms with Gasteiger partial charge in [0.1, 0.15) is 0 Å². The van der Waals surface area contributed by atoms with Crippen LogP contribution in [0, 0.1) is 5.92 Å². The van der Waals surface area contributed by atoms with Crippen LogP contribution in [0.1, 0.15) is 31.7 Å². The summed E-state index contributed by atoms with van der Waals surface area (Å²) in [7, 11) is 1.78. The van der Waals surface area contributed by atoms with E-state index in [4.69, 9.17) is 9.47 Å². The number of hydrogen-bond acceptors (Lipinski definition) is 4. The van der Waals surface area contributed by atoms with Gasteiger partial charge in [-0.15, -0.1) is 0 Å². The number of carbonyl (C=O) groups excluding carboxylic acids is 1. The Bertz CT molecular complexity index is 598. The zero-order valence-corrected chi connectivity index (χ0v) is 17.1. The molecular formula is C21H34N4O3. The van der Waals surface area contributed by atoms with E-state index in [0.29, 0.717) is 5.92 Å². The predicted molar refractivity (Wildman–Crippen MR) is 113 cm³/mol. The Hall–Kier alpha value is -2.12. The van der Waals surface area contributed by atoms with Crippen molar-refractivity contribution in [1.29, 1.82) is 0 Å². The topological polar surface area (TPSA) is 84.0 Å². The van der Waals surface area contributed by atoms with Gasteiger partial charge in [-0.2, -0.15) is 0 Å². The maximum atomic E-state index is 11.0. The highest BCUT2D eigenvalue weighted by Gasteiger charge is 2.13. The first-order valence-corrected chi connectivity index (χ1v) is 10.1. The molecule has 1 amide bonds. The minimum Gasteiger partial charge on any atom is -0.381 e. The lowest BCUT2D eigenvalue weighted by Gasteiger charge is -2.21. The number of nitrogens with zero attached hydrogens (tertiary/aromatic N) is 1. The molecule has 0 saturated carbocycles. The Kier molecular flexibility index (Phi) is 10.4. The number of rotatable bonds is 10. The molecule has 1 aromatic rings. The van der Waals surface area contributed by atoms with Gasteiger partial charge in [0.15, 0.2) is 5.96 Å². The van der Waals surface area contributed by atoms with Crippen molar-refractivity contribution in [3.63, 3.8) is 0 Å². The lowest BCUT2D eigenvalue weighted by Crippen LogP contribution is -2.39. The smallest absolute Gasteiger partial charge is 0.221 e. The van der Waals surface area contributed by atoms with Crippen LogP contribution in [-0.2, 0) is 20.7 Å². The first kappa shape index (κ1) is 22.2. The first-order valence-electron chi connectivity index (χ1n) is 10.1. The van der Waals surface area contributed by atoms with Crippen LogP contribution in [0.2, 0.25) is 0 Å². The largest absolute Gasteiger partial charge is 0.381 e. The molecule has 0 radical (unpaired) electrons. The quantitative estimate of drug-likeness (QED) is 0.324. The number of benzene rings is 1. The molecule has 1 saturated heterocycles. The second-order valence-electron chi connectivity index (χ2n) is 7.04. The SMILES string of the molecule is CN=C(NCCCOCC1CCOCC1)NCCc1ccc(NC(C)=O)cc1. The molecule has 3 N–H and O–H groups in total. The number of guanidine groups is 1. The molecule has 0 aromatic heterocycles. The van der Waals surface area contributed by atoms with Crippen molar-refractivity contribution in [2.45, 2.75) is 32.6 Å². The average molecular weight is 391 g/mol. The van der Waals surface area contributed by atoms with Crippen LogP contribution in [0.5, 0.6) is 0 Å². The third kappa shape index (κ3) is 9.19. The maximum Gasteiger partial charge on any atom is 0.221 e. The van der Waals surface area contributed by atoms with Gasteiger partial charge in [0, 0.05) is 59.2 Å². The first-order chi connectivity index (χ1) is 13.7. The van der Waals surface area contributed by atoms with Crippen LogP contribution in [0.4, 0.5) is 5.69 Å². The number of aliphatic imine (C=N–C) groups is 1. The Labute approximate surface area is 168 Å². The van der Waals surface area contributed by atoms with Crippen LogP contribution < -0.4 is 16.0 Å². The lowest BCUT2D eigenvalue weighted by atomic mass is 10.0. The predicted octanol–water partition coefficient (Wildman–Crippen LogP) is 2.19. The van der Waals surface area contributed by atoms with Gasteiger partial charge in [0.05, 0.1) is 0 Å². The summed E-state index contributed by atoms with van der Waals surface area (Å²) in [4.78, 5) is 15.3. The molecule has 28 heavy (non-hydrogen) atoms. The molecule has 0 aliphatic carbocycles. The monoisotopic (exact) mass is 390 g/mol. The molecule has 1 aliphatic heterocycles. The highest BCUT2D eigenvalue weighted by Crippen LogP contribution is 2.14. The molecule has 1 aromatic carbocycles. The maximum absolute atomic E-state index is 11.0. The summed E-state index contributed by atoms with van der Waals surface area (Å²) in [6, 6.07) is 7.89. The van der Waals surface area contributed by atoms with Crippen molar-refractivity contribution in [2.24, 2.45) is 10.9 Å². The number of ether oxygens (including phenoxy) is 2. The van der Waals surface area contributed by atoms with E-state index in [9.17, 15) is 4.79 Å². The van der Waals surface area contributed by atoms with Crippen LogP contribution in [0.15, 0.2) is 29.3 Å². The number of carbonyl (C=O) groups is 1. The van der Waals surface area contributed by atoms with Gasteiger partial charge in [0.2, 0.25) is 5.91 Å². The van der Waals surface area contributed by atoms with Gasteiger partial charge in [-0.1, -0.05) is 12.1 Å². The third-order valence-corrected chi connectivity index (χ3v) is 4.66. The molecule has 0 unspecified atom stereocenters. The molecular weight excluding hydrogens is 356 g/mol. The summed E-state index contributed by atoms with van der Waals surface area (Å²) < 4.78 is 11.1. The van der Waals surface area contributed by atoms with Crippen molar-refractivity contribution < 1.29 is 14.3 Å². The minimum atomic E-state index is -0.0572. The van der Waals surface area contributed by atoms with Gasteiger partial charge in [-0.25, -0.2) is 0 Å².